The molecule has 36 heavy (non-hydrogen) atoms. The summed E-state index contributed by atoms with van der Waals surface area (Å²) in [5.74, 6) is -1.77. The number of hydrogen-bond donors (Lipinski definition) is 2. The molecular weight excluding hydrogens is 504 g/mol. The fourth-order valence-corrected chi connectivity index (χ4v) is 4.83. The Morgan fingerprint density at radius 2 is 1.86 bits per heavy atom. The first-order valence-electron chi connectivity index (χ1n) is 11.6. The zero-order valence-corrected chi connectivity index (χ0v) is 22.2. The van der Waals surface area contributed by atoms with Crippen molar-refractivity contribution >= 4 is 52.3 Å². The zero-order valence-electron chi connectivity index (χ0n) is 20.6. The van der Waals surface area contributed by atoms with Crippen LogP contribution in [-0.4, -0.2) is 80.4 Å². The van der Waals surface area contributed by atoms with Crippen LogP contribution >= 0.6 is 22.9 Å². The number of nitrogens with one attached hydrogen (secondary N) is 2. The summed E-state index contributed by atoms with van der Waals surface area (Å²) in [7, 11) is 4.81. The van der Waals surface area contributed by atoms with Crippen molar-refractivity contribution < 1.29 is 23.9 Å². The van der Waals surface area contributed by atoms with E-state index in [4.69, 9.17) is 11.6 Å². The molecule has 0 radical (unpaired) electrons. The van der Waals surface area contributed by atoms with E-state index in [-0.39, 0.29) is 25.3 Å². The lowest BCUT2D eigenvalue weighted by atomic mass is 10.0. The van der Waals surface area contributed by atoms with Crippen LogP contribution in [0, 0.1) is 0 Å². The lowest BCUT2D eigenvalue weighted by Gasteiger charge is -2.20. The molecule has 1 atom stereocenters. The number of halogens is 1. The van der Waals surface area contributed by atoms with Gasteiger partial charge in [-0.25, -0.2) is 0 Å². The molecule has 1 aliphatic rings. The Labute approximate surface area is 219 Å². The molecule has 0 saturated heterocycles. The third-order valence-electron chi connectivity index (χ3n) is 6.08. The number of carbonyl (C=O) groups is 4. The largest absolute Gasteiger partial charge is 0.468 e. The van der Waals surface area contributed by atoms with Crippen LogP contribution < -0.4 is 10.6 Å². The van der Waals surface area contributed by atoms with Crippen LogP contribution in [0.1, 0.15) is 33.6 Å². The molecule has 11 heteroatoms. The number of ether oxygens (including phenoxy) is 1. The maximum Gasteiger partial charge on any atom is 0.325 e. The number of amides is 3. The molecule has 194 valence electrons. The molecule has 1 aromatic carbocycles. The second kappa shape index (κ2) is 12.8. The predicted octanol–water partition coefficient (Wildman–Crippen LogP) is 2.58. The van der Waals surface area contributed by atoms with Gasteiger partial charge in [-0.2, -0.15) is 0 Å². The summed E-state index contributed by atoms with van der Waals surface area (Å²) in [4.78, 5) is 53.8. The highest BCUT2D eigenvalue weighted by atomic mass is 35.5. The Bertz CT molecular complexity index is 1120. The van der Waals surface area contributed by atoms with Gasteiger partial charge >= 0.3 is 5.97 Å². The first kappa shape index (κ1) is 27.6. The molecule has 0 spiro atoms. The van der Waals surface area contributed by atoms with Gasteiger partial charge in [-0.1, -0.05) is 17.7 Å². The van der Waals surface area contributed by atoms with Crippen molar-refractivity contribution in [2.45, 2.75) is 31.7 Å². The zero-order chi connectivity index (χ0) is 26.2. The third kappa shape index (κ3) is 7.78. The molecule has 9 nitrogen and oxygen atoms in total. The quantitative estimate of drug-likeness (QED) is 0.479. The van der Waals surface area contributed by atoms with E-state index in [1.54, 1.807) is 12.1 Å². The average Bonchev–Trinajstić information content (AvgIpc) is 3.21. The maximum absolute atomic E-state index is 13.2. The topological polar surface area (TPSA) is 108 Å². The summed E-state index contributed by atoms with van der Waals surface area (Å²) in [6.45, 7) is 1.72. The number of thiophene rings is 1. The van der Waals surface area contributed by atoms with Crippen molar-refractivity contribution in [3.63, 3.8) is 0 Å². The van der Waals surface area contributed by atoms with E-state index in [1.807, 2.05) is 18.2 Å². The SMILES string of the molecule is COC(=O)CN(C)C(=O)CC[C@@H](NC(=O)c1ccc(Cl)s1)C(=O)Nc1ccc2c(c1)CCN(C)CC2. The third-order valence-corrected chi connectivity index (χ3v) is 7.31. The number of carbonyl (C=O) groups excluding carboxylic acids is 4. The van der Waals surface area contributed by atoms with E-state index in [2.05, 4.69) is 27.3 Å². The molecule has 0 fully saturated rings. The van der Waals surface area contributed by atoms with Crippen LogP contribution in [-0.2, 0) is 32.0 Å². The molecule has 3 rings (SSSR count). The molecular formula is C25H31ClN4O5S. The van der Waals surface area contributed by atoms with E-state index >= 15 is 0 Å². The Kier molecular flexibility index (Phi) is 9.86. The highest BCUT2D eigenvalue weighted by molar-refractivity contribution is 7.18. The number of benzene rings is 1. The molecule has 2 heterocycles. The molecule has 1 aromatic heterocycles. The predicted molar refractivity (Wildman–Crippen MR) is 139 cm³/mol. The van der Waals surface area contributed by atoms with Crippen molar-refractivity contribution in [2.75, 3.05) is 46.2 Å². The van der Waals surface area contributed by atoms with Gasteiger partial charge in [-0.3, -0.25) is 19.2 Å². The van der Waals surface area contributed by atoms with Gasteiger partial charge in [0.15, 0.2) is 0 Å². The van der Waals surface area contributed by atoms with Gasteiger partial charge in [0.2, 0.25) is 11.8 Å². The molecule has 0 bridgehead atoms. The van der Waals surface area contributed by atoms with Crippen LogP contribution in [0.2, 0.25) is 4.34 Å². The minimum Gasteiger partial charge on any atom is -0.468 e. The Balaban J connectivity index is 1.71. The minimum atomic E-state index is -0.973. The number of likely N-dealkylation sites (N-methyl/N-ethyl adjacent to an activating group) is 2. The Morgan fingerprint density at radius 3 is 2.53 bits per heavy atom. The number of esters is 1. The van der Waals surface area contributed by atoms with Crippen LogP contribution in [0.3, 0.4) is 0 Å². The average molecular weight is 535 g/mol. The number of methoxy groups -OCH3 is 1. The second-order valence-electron chi connectivity index (χ2n) is 8.77. The monoisotopic (exact) mass is 534 g/mol. The van der Waals surface area contributed by atoms with E-state index in [9.17, 15) is 19.2 Å². The number of nitrogens with zero attached hydrogens (tertiary/aromatic N) is 2. The highest BCUT2D eigenvalue weighted by Crippen LogP contribution is 2.22. The first-order chi connectivity index (χ1) is 17.2. The molecule has 0 aliphatic carbocycles. The van der Waals surface area contributed by atoms with Gasteiger partial charge in [-0.15, -0.1) is 11.3 Å². The molecule has 3 amide bonds. The fraction of sp³-hybridized carbons (Fsp3) is 0.440. The summed E-state index contributed by atoms with van der Waals surface area (Å²) in [6.07, 6.45) is 1.84. The fourth-order valence-electron chi connectivity index (χ4n) is 3.88. The molecule has 0 saturated carbocycles. The highest BCUT2D eigenvalue weighted by Gasteiger charge is 2.25. The summed E-state index contributed by atoms with van der Waals surface area (Å²) >= 11 is 7.05. The molecule has 0 unspecified atom stereocenters. The standard InChI is InChI=1S/C25H31ClN4O5S/c1-29-12-10-16-4-5-18(14-17(16)11-13-29)27-24(33)19(28-25(34)20-7-8-21(26)36-20)6-9-22(31)30(2)15-23(32)35-3/h4-5,7-8,14,19H,6,9-13,15H2,1-3H3,(H,27,33)(H,28,34)/t19-/m1/s1. The van der Waals surface area contributed by atoms with Crippen LogP contribution in [0.15, 0.2) is 30.3 Å². The summed E-state index contributed by atoms with van der Waals surface area (Å²) in [6, 6.07) is 8.06. The summed E-state index contributed by atoms with van der Waals surface area (Å²) in [5, 5.41) is 5.61. The second-order valence-corrected chi connectivity index (χ2v) is 10.5. The number of anilines is 1. The molecule has 2 aromatic rings. The van der Waals surface area contributed by atoms with Crippen molar-refractivity contribution in [3.05, 3.63) is 50.7 Å². The maximum atomic E-state index is 13.2. The van der Waals surface area contributed by atoms with Crippen molar-refractivity contribution in [2.24, 2.45) is 0 Å². The van der Waals surface area contributed by atoms with Crippen LogP contribution in [0.25, 0.3) is 0 Å². The molecule has 1 aliphatic heterocycles. The van der Waals surface area contributed by atoms with E-state index in [0.717, 1.165) is 37.3 Å². The van der Waals surface area contributed by atoms with Crippen molar-refractivity contribution in [3.8, 4) is 0 Å². The van der Waals surface area contributed by atoms with Gasteiger partial charge in [0.25, 0.3) is 5.91 Å². The van der Waals surface area contributed by atoms with Gasteiger partial charge in [0, 0.05) is 32.2 Å². The van der Waals surface area contributed by atoms with Crippen molar-refractivity contribution in [1.29, 1.82) is 0 Å². The summed E-state index contributed by atoms with van der Waals surface area (Å²) in [5.41, 5.74) is 3.08. The van der Waals surface area contributed by atoms with E-state index in [1.165, 1.54) is 30.2 Å². The smallest absolute Gasteiger partial charge is 0.325 e. The lowest BCUT2D eigenvalue weighted by molar-refractivity contribution is -0.146. The number of rotatable bonds is 9. The summed E-state index contributed by atoms with van der Waals surface area (Å²) < 4.78 is 5.05. The van der Waals surface area contributed by atoms with Gasteiger partial charge < -0.3 is 25.2 Å². The van der Waals surface area contributed by atoms with E-state index < -0.39 is 23.8 Å². The first-order valence-corrected chi connectivity index (χ1v) is 12.8. The normalized spacial score (nSPS) is 14.2. The van der Waals surface area contributed by atoms with Gasteiger partial charge in [-0.05, 0) is 61.7 Å². The minimum absolute atomic E-state index is 0.0480. The number of hydrogen-bond acceptors (Lipinski definition) is 7. The van der Waals surface area contributed by atoms with Crippen LogP contribution in [0.4, 0.5) is 5.69 Å². The van der Waals surface area contributed by atoms with Crippen molar-refractivity contribution in [1.82, 2.24) is 15.1 Å². The molecule has 2 N–H and O–H groups in total. The number of fused-ring (bicyclic) bond motifs is 1. The Morgan fingerprint density at radius 1 is 1.14 bits per heavy atom. The van der Waals surface area contributed by atoms with Crippen LogP contribution in [0.5, 0.6) is 0 Å². The van der Waals surface area contributed by atoms with E-state index in [0.29, 0.717) is 14.9 Å². The lowest BCUT2D eigenvalue weighted by Crippen LogP contribution is -2.44. The van der Waals surface area contributed by atoms with Gasteiger partial charge in [0.1, 0.15) is 12.6 Å². The Hall–Kier alpha value is -2.95. The van der Waals surface area contributed by atoms with Gasteiger partial charge in [0.05, 0.1) is 16.3 Å².